The summed E-state index contributed by atoms with van der Waals surface area (Å²) in [7, 11) is 0. The highest BCUT2D eigenvalue weighted by molar-refractivity contribution is 7.11. The van der Waals surface area contributed by atoms with Gasteiger partial charge in [0.05, 0.1) is 6.54 Å². The van der Waals surface area contributed by atoms with E-state index in [2.05, 4.69) is 77.9 Å². The van der Waals surface area contributed by atoms with Gasteiger partial charge in [-0.3, -0.25) is 0 Å². The summed E-state index contributed by atoms with van der Waals surface area (Å²) in [5.74, 6) is 1.33. The van der Waals surface area contributed by atoms with Crippen LogP contribution >= 0.6 is 11.3 Å². The Morgan fingerprint density at radius 1 is 1.20 bits per heavy atom. The molecule has 0 radical (unpaired) electrons. The zero-order chi connectivity index (χ0) is 18.1. The number of rotatable bonds is 8. The molecule has 1 unspecified atom stereocenters. The maximum absolute atomic E-state index is 4.65. The molecule has 0 fully saturated rings. The first-order valence-corrected chi connectivity index (χ1v) is 9.65. The first kappa shape index (κ1) is 19.2. The number of hydrogen-bond donors (Lipinski definition) is 3. The fourth-order valence-electron chi connectivity index (χ4n) is 2.37. The number of guanidine groups is 1. The van der Waals surface area contributed by atoms with E-state index in [4.69, 9.17) is 0 Å². The Kier molecular flexibility index (Phi) is 7.73. The van der Waals surface area contributed by atoms with Gasteiger partial charge in [0.15, 0.2) is 5.96 Å². The van der Waals surface area contributed by atoms with Crippen LogP contribution in [0.15, 0.2) is 41.5 Å². The molecule has 3 N–H and O–H groups in total. The van der Waals surface area contributed by atoms with Crippen molar-refractivity contribution in [2.45, 2.75) is 40.3 Å². The van der Waals surface area contributed by atoms with Crippen LogP contribution in [0.25, 0.3) is 0 Å². The molecule has 0 aliphatic carbocycles. The van der Waals surface area contributed by atoms with Crippen LogP contribution in [0.5, 0.6) is 0 Å². The molecule has 2 aromatic rings. The molecule has 136 valence electrons. The number of nitrogens with one attached hydrogen (secondary N) is 3. The molecular formula is C19H29N5S. The molecule has 6 heteroatoms. The minimum Gasteiger partial charge on any atom is -0.380 e. The Labute approximate surface area is 155 Å². The minimum atomic E-state index is 0.313. The number of aryl methyl sites for hydroxylation is 1. The predicted octanol–water partition coefficient (Wildman–Crippen LogP) is 3.64. The molecular weight excluding hydrogens is 330 g/mol. The highest BCUT2D eigenvalue weighted by Crippen LogP contribution is 2.13. The first-order valence-electron chi connectivity index (χ1n) is 8.83. The van der Waals surface area contributed by atoms with E-state index in [-0.39, 0.29) is 0 Å². The van der Waals surface area contributed by atoms with Gasteiger partial charge in [0, 0.05) is 35.9 Å². The second kappa shape index (κ2) is 10.0. The number of thiazole rings is 1. The molecule has 25 heavy (non-hydrogen) atoms. The van der Waals surface area contributed by atoms with E-state index < -0.39 is 0 Å². The van der Waals surface area contributed by atoms with Gasteiger partial charge in [-0.05, 0) is 31.9 Å². The second-order valence-corrected chi connectivity index (χ2v) is 7.62. The Morgan fingerprint density at radius 2 is 1.96 bits per heavy atom. The van der Waals surface area contributed by atoms with Crippen molar-refractivity contribution in [1.82, 2.24) is 15.6 Å². The average Bonchev–Trinajstić information content (AvgIpc) is 3.02. The summed E-state index contributed by atoms with van der Waals surface area (Å²) in [6.45, 7) is 10.8. The van der Waals surface area contributed by atoms with E-state index in [1.54, 1.807) is 11.3 Å². The molecule has 0 saturated heterocycles. The van der Waals surface area contributed by atoms with Crippen LogP contribution in [-0.2, 0) is 6.54 Å². The van der Waals surface area contributed by atoms with Gasteiger partial charge in [0.2, 0.25) is 0 Å². The smallest absolute Gasteiger partial charge is 0.191 e. The van der Waals surface area contributed by atoms with Gasteiger partial charge in [-0.25, -0.2) is 9.98 Å². The average molecular weight is 360 g/mol. The largest absolute Gasteiger partial charge is 0.380 e. The third kappa shape index (κ3) is 6.74. The summed E-state index contributed by atoms with van der Waals surface area (Å²) < 4.78 is 0. The van der Waals surface area contributed by atoms with Crippen LogP contribution < -0.4 is 16.0 Å². The molecule has 0 aliphatic rings. The lowest BCUT2D eigenvalue weighted by Crippen LogP contribution is -2.44. The maximum atomic E-state index is 4.65. The summed E-state index contributed by atoms with van der Waals surface area (Å²) in [6.07, 6.45) is 1.90. The SMILES string of the molecule is CCNC(=NCc1ncc(C)s1)NCC(Nc1ccccc1)C(C)C. The topological polar surface area (TPSA) is 61.3 Å². The maximum Gasteiger partial charge on any atom is 0.191 e. The van der Waals surface area contributed by atoms with Gasteiger partial charge in [0.1, 0.15) is 5.01 Å². The molecule has 0 amide bonds. The quantitative estimate of drug-likeness (QED) is 0.497. The molecule has 0 bridgehead atoms. The zero-order valence-corrected chi connectivity index (χ0v) is 16.4. The van der Waals surface area contributed by atoms with Crippen LogP contribution in [-0.4, -0.2) is 30.1 Å². The first-order chi connectivity index (χ1) is 12.1. The summed E-state index contributed by atoms with van der Waals surface area (Å²) in [4.78, 5) is 10.2. The van der Waals surface area contributed by atoms with Crippen molar-refractivity contribution in [3.63, 3.8) is 0 Å². The van der Waals surface area contributed by atoms with Gasteiger partial charge in [-0.15, -0.1) is 11.3 Å². The monoisotopic (exact) mass is 359 g/mol. The Bertz CT molecular complexity index is 651. The second-order valence-electron chi connectivity index (χ2n) is 6.30. The lowest BCUT2D eigenvalue weighted by atomic mass is 10.0. The summed E-state index contributed by atoms with van der Waals surface area (Å²) in [6, 6.07) is 10.6. The van der Waals surface area contributed by atoms with Crippen molar-refractivity contribution in [3.05, 3.63) is 46.4 Å². The van der Waals surface area contributed by atoms with Crippen molar-refractivity contribution in [3.8, 4) is 0 Å². The van der Waals surface area contributed by atoms with Crippen molar-refractivity contribution in [1.29, 1.82) is 0 Å². The standard InChI is InChI=1S/C19H29N5S/c1-5-20-19(23-13-18-21-11-15(4)25-18)22-12-17(14(2)3)24-16-9-7-6-8-10-16/h6-11,14,17,24H,5,12-13H2,1-4H3,(H2,20,22,23). The van der Waals surface area contributed by atoms with Crippen molar-refractivity contribution < 1.29 is 0 Å². The van der Waals surface area contributed by atoms with Gasteiger partial charge >= 0.3 is 0 Å². The Hall–Kier alpha value is -2.08. The third-order valence-electron chi connectivity index (χ3n) is 3.81. The summed E-state index contributed by atoms with van der Waals surface area (Å²) in [5.41, 5.74) is 1.14. The molecule has 0 spiro atoms. The van der Waals surface area contributed by atoms with Crippen LogP contribution in [0.3, 0.4) is 0 Å². The Balaban J connectivity index is 1.94. The lowest BCUT2D eigenvalue weighted by molar-refractivity contribution is 0.512. The lowest BCUT2D eigenvalue weighted by Gasteiger charge is -2.25. The van der Waals surface area contributed by atoms with E-state index in [0.29, 0.717) is 18.5 Å². The van der Waals surface area contributed by atoms with E-state index >= 15 is 0 Å². The number of nitrogens with zero attached hydrogens (tertiary/aromatic N) is 2. The van der Waals surface area contributed by atoms with Crippen LogP contribution in [0.2, 0.25) is 0 Å². The van der Waals surface area contributed by atoms with Crippen LogP contribution in [0.1, 0.15) is 30.7 Å². The Morgan fingerprint density at radius 3 is 2.56 bits per heavy atom. The third-order valence-corrected chi connectivity index (χ3v) is 4.70. The molecule has 0 aliphatic heterocycles. The fraction of sp³-hybridized carbons (Fsp3) is 0.474. The van der Waals surface area contributed by atoms with Crippen LogP contribution in [0, 0.1) is 12.8 Å². The summed E-state index contributed by atoms with van der Waals surface area (Å²) >= 11 is 1.69. The van der Waals surface area contributed by atoms with Gasteiger partial charge in [-0.1, -0.05) is 32.0 Å². The number of aromatic nitrogens is 1. The molecule has 1 aromatic carbocycles. The fourth-order valence-corrected chi connectivity index (χ4v) is 3.08. The number of benzene rings is 1. The minimum absolute atomic E-state index is 0.313. The van der Waals surface area contributed by atoms with Crippen molar-refractivity contribution >= 4 is 23.0 Å². The number of anilines is 1. The van der Waals surface area contributed by atoms with Gasteiger partial charge in [0.25, 0.3) is 0 Å². The van der Waals surface area contributed by atoms with E-state index in [0.717, 1.165) is 29.7 Å². The number of aliphatic imine (C=N–C) groups is 1. The highest BCUT2D eigenvalue weighted by atomic mass is 32.1. The molecule has 5 nitrogen and oxygen atoms in total. The van der Waals surface area contributed by atoms with Gasteiger partial charge in [-0.2, -0.15) is 0 Å². The molecule has 2 rings (SSSR count). The predicted molar refractivity (Wildman–Crippen MR) is 108 cm³/mol. The number of para-hydroxylation sites is 1. The van der Waals surface area contributed by atoms with E-state index in [1.807, 2.05) is 12.3 Å². The van der Waals surface area contributed by atoms with Crippen molar-refractivity contribution in [2.75, 3.05) is 18.4 Å². The number of hydrogen-bond acceptors (Lipinski definition) is 4. The van der Waals surface area contributed by atoms with Gasteiger partial charge < -0.3 is 16.0 Å². The van der Waals surface area contributed by atoms with Crippen molar-refractivity contribution in [2.24, 2.45) is 10.9 Å². The van der Waals surface area contributed by atoms with E-state index in [1.165, 1.54) is 4.88 Å². The van der Waals surface area contributed by atoms with Crippen LogP contribution in [0.4, 0.5) is 5.69 Å². The summed E-state index contributed by atoms with van der Waals surface area (Å²) in [5, 5.41) is 11.4. The molecule has 0 saturated carbocycles. The molecule has 1 aromatic heterocycles. The molecule has 1 heterocycles. The highest BCUT2D eigenvalue weighted by Gasteiger charge is 2.13. The van der Waals surface area contributed by atoms with E-state index in [9.17, 15) is 0 Å². The normalized spacial score (nSPS) is 12.9. The molecule has 1 atom stereocenters. The zero-order valence-electron chi connectivity index (χ0n) is 15.5.